The summed E-state index contributed by atoms with van der Waals surface area (Å²) in [5.41, 5.74) is 1.46. The molecule has 2 aromatic rings. The topological polar surface area (TPSA) is 47.6 Å². The summed E-state index contributed by atoms with van der Waals surface area (Å²) in [6.07, 6.45) is 2.38. The van der Waals surface area contributed by atoms with Crippen LogP contribution in [0.2, 0.25) is 0 Å². The molecular formula is C19H20FNO3. The third kappa shape index (κ3) is 4.84. The zero-order valence-corrected chi connectivity index (χ0v) is 13.5. The fourth-order valence-electron chi connectivity index (χ4n) is 2.20. The van der Waals surface area contributed by atoms with E-state index in [1.54, 1.807) is 43.5 Å². The fourth-order valence-corrected chi connectivity index (χ4v) is 2.20. The highest BCUT2D eigenvalue weighted by Crippen LogP contribution is 2.20. The molecule has 0 unspecified atom stereocenters. The zero-order valence-electron chi connectivity index (χ0n) is 13.5. The molecule has 0 aliphatic heterocycles. The van der Waals surface area contributed by atoms with Crippen molar-refractivity contribution in [3.05, 3.63) is 72.1 Å². The Bertz CT molecular complexity index is 698. The summed E-state index contributed by atoms with van der Waals surface area (Å²) >= 11 is 0. The first-order chi connectivity index (χ1) is 11.6. The average Bonchev–Trinajstić information content (AvgIpc) is 2.60. The number of carbonyl (C=O) groups excluding carboxylic acids is 1. The Morgan fingerprint density at radius 3 is 2.67 bits per heavy atom. The van der Waals surface area contributed by atoms with Crippen molar-refractivity contribution in [3.8, 4) is 11.5 Å². The first-order valence-electron chi connectivity index (χ1n) is 7.58. The van der Waals surface area contributed by atoms with Crippen LogP contribution in [0.25, 0.3) is 0 Å². The summed E-state index contributed by atoms with van der Waals surface area (Å²) in [7, 11) is 1.59. The standard InChI is InChI=1S/C19H20FNO3/c1-3-4-14-13-15(5-10-18(14)23-2)19(22)21-11-12-24-17-8-6-16(20)7-9-17/h3,5-10,13H,1,4,11-12H2,2H3,(H,21,22). The van der Waals surface area contributed by atoms with Crippen molar-refractivity contribution in [1.29, 1.82) is 0 Å². The summed E-state index contributed by atoms with van der Waals surface area (Å²) in [5.74, 6) is 0.783. The average molecular weight is 329 g/mol. The molecule has 0 saturated heterocycles. The third-order valence-electron chi connectivity index (χ3n) is 3.38. The van der Waals surface area contributed by atoms with Gasteiger partial charge in [-0.15, -0.1) is 6.58 Å². The highest BCUT2D eigenvalue weighted by molar-refractivity contribution is 5.94. The molecule has 0 aliphatic rings. The summed E-state index contributed by atoms with van der Waals surface area (Å²) in [4.78, 5) is 12.2. The van der Waals surface area contributed by atoms with Crippen LogP contribution in [0.15, 0.2) is 55.1 Å². The molecule has 2 rings (SSSR count). The lowest BCUT2D eigenvalue weighted by atomic mass is 10.1. The number of rotatable bonds is 8. The number of ether oxygens (including phenoxy) is 2. The second-order valence-electron chi connectivity index (χ2n) is 5.08. The normalized spacial score (nSPS) is 10.1. The molecule has 24 heavy (non-hydrogen) atoms. The minimum Gasteiger partial charge on any atom is -0.496 e. The molecule has 0 aromatic heterocycles. The van der Waals surface area contributed by atoms with Crippen LogP contribution in [0.5, 0.6) is 11.5 Å². The number of carbonyl (C=O) groups is 1. The van der Waals surface area contributed by atoms with Crippen LogP contribution in [0, 0.1) is 5.82 Å². The van der Waals surface area contributed by atoms with Gasteiger partial charge in [-0.25, -0.2) is 4.39 Å². The molecule has 0 heterocycles. The van der Waals surface area contributed by atoms with E-state index < -0.39 is 0 Å². The van der Waals surface area contributed by atoms with Crippen LogP contribution in [0.3, 0.4) is 0 Å². The van der Waals surface area contributed by atoms with Crippen molar-refractivity contribution in [2.24, 2.45) is 0 Å². The van der Waals surface area contributed by atoms with Crippen molar-refractivity contribution in [2.45, 2.75) is 6.42 Å². The Morgan fingerprint density at radius 1 is 1.25 bits per heavy atom. The minimum absolute atomic E-state index is 0.189. The third-order valence-corrected chi connectivity index (χ3v) is 3.38. The molecule has 126 valence electrons. The van der Waals surface area contributed by atoms with E-state index in [9.17, 15) is 9.18 Å². The van der Waals surface area contributed by atoms with Crippen molar-refractivity contribution in [3.63, 3.8) is 0 Å². The Kier molecular flexibility index (Phi) is 6.37. The van der Waals surface area contributed by atoms with E-state index in [1.165, 1.54) is 12.1 Å². The molecule has 0 radical (unpaired) electrons. The molecule has 0 saturated carbocycles. The van der Waals surface area contributed by atoms with Gasteiger partial charge in [0.1, 0.15) is 23.9 Å². The second-order valence-corrected chi connectivity index (χ2v) is 5.08. The monoisotopic (exact) mass is 329 g/mol. The van der Waals surface area contributed by atoms with Gasteiger partial charge in [-0.1, -0.05) is 6.08 Å². The minimum atomic E-state index is -0.314. The number of hydrogen-bond donors (Lipinski definition) is 1. The summed E-state index contributed by atoms with van der Waals surface area (Å²) < 4.78 is 23.5. The van der Waals surface area contributed by atoms with Gasteiger partial charge >= 0.3 is 0 Å². The largest absolute Gasteiger partial charge is 0.496 e. The van der Waals surface area contributed by atoms with Crippen LogP contribution < -0.4 is 14.8 Å². The van der Waals surface area contributed by atoms with Gasteiger partial charge in [0.25, 0.3) is 5.91 Å². The number of allylic oxidation sites excluding steroid dienone is 1. The maximum Gasteiger partial charge on any atom is 0.251 e. The van der Waals surface area contributed by atoms with Crippen LogP contribution in [-0.4, -0.2) is 26.2 Å². The maximum atomic E-state index is 12.8. The number of methoxy groups -OCH3 is 1. The number of nitrogens with one attached hydrogen (secondary N) is 1. The molecule has 0 bridgehead atoms. The van der Waals surface area contributed by atoms with Gasteiger partial charge in [-0.2, -0.15) is 0 Å². The van der Waals surface area contributed by atoms with Gasteiger partial charge in [0, 0.05) is 5.56 Å². The summed E-state index contributed by atoms with van der Waals surface area (Å²) in [5, 5.41) is 2.78. The van der Waals surface area contributed by atoms with Crippen molar-refractivity contribution < 1.29 is 18.7 Å². The van der Waals surface area contributed by atoms with E-state index in [0.29, 0.717) is 30.9 Å². The van der Waals surface area contributed by atoms with E-state index in [4.69, 9.17) is 9.47 Å². The second kappa shape index (κ2) is 8.72. The zero-order chi connectivity index (χ0) is 17.4. The van der Waals surface area contributed by atoms with Gasteiger partial charge in [0.2, 0.25) is 0 Å². The Morgan fingerprint density at radius 2 is 2.00 bits per heavy atom. The van der Waals surface area contributed by atoms with Gasteiger partial charge < -0.3 is 14.8 Å². The highest BCUT2D eigenvalue weighted by atomic mass is 19.1. The van der Waals surface area contributed by atoms with Crippen LogP contribution in [-0.2, 0) is 6.42 Å². The summed E-state index contributed by atoms with van der Waals surface area (Å²) in [6.45, 7) is 4.35. The van der Waals surface area contributed by atoms with Crippen molar-refractivity contribution >= 4 is 5.91 Å². The van der Waals surface area contributed by atoms with Crippen molar-refractivity contribution in [1.82, 2.24) is 5.32 Å². The fraction of sp³-hybridized carbons (Fsp3) is 0.211. The SMILES string of the molecule is C=CCc1cc(C(=O)NCCOc2ccc(F)cc2)ccc1OC. The van der Waals surface area contributed by atoms with E-state index in [0.717, 1.165) is 11.3 Å². The maximum absolute atomic E-state index is 12.8. The van der Waals surface area contributed by atoms with Crippen LogP contribution in [0.1, 0.15) is 15.9 Å². The van der Waals surface area contributed by atoms with Gasteiger partial charge in [0.15, 0.2) is 0 Å². The van der Waals surface area contributed by atoms with E-state index >= 15 is 0 Å². The molecule has 0 fully saturated rings. The molecule has 5 heteroatoms. The van der Waals surface area contributed by atoms with Gasteiger partial charge in [0.05, 0.1) is 13.7 Å². The first kappa shape index (κ1) is 17.5. The molecule has 0 atom stereocenters. The Balaban J connectivity index is 1.86. The highest BCUT2D eigenvalue weighted by Gasteiger charge is 2.09. The number of benzene rings is 2. The first-order valence-corrected chi connectivity index (χ1v) is 7.58. The van der Waals surface area contributed by atoms with E-state index in [1.807, 2.05) is 0 Å². The van der Waals surface area contributed by atoms with Gasteiger partial charge in [-0.3, -0.25) is 4.79 Å². The van der Waals surface area contributed by atoms with Crippen molar-refractivity contribution in [2.75, 3.05) is 20.3 Å². The lowest BCUT2D eigenvalue weighted by Crippen LogP contribution is -2.28. The molecule has 4 nitrogen and oxygen atoms in total. The number of amides is 1. The summed E-state index contributed by atoms with van der Waals surface area (Å²) in [6, 6.07) is 11.0. The number of hydrogen-bond acceptors (Lipinski definition) is 3. The van der Waals surface area contributed by atoms with Crippen LogP contribution >= 0.6 is 0 Å². The van der Waals surface area contributed by atoms with Crippen LogP contribution in [0.4, 0.5) is 4.39 Å². The lowest BCUT2D eigenvalue weighted by Gasteiger charge is -2.10. The quantitative estimate of drug-likeness (QED) is 0.597. The van der Waals surface area contributed by atoms with Gasteiger partial charge in [-0.05, 0) is 54.4 Å². The Hall–Kier alpha value is -2.82. The molecule has 2 aromatic carbocycles. The van der Waals surface area contributed by atoms with E-state index in [-0.39, 0.29) is 11.7 Å². The predicted octanol–water partition coefficient (Wildman–Crippen LogP) is 3.37. The van der Waals surface area contributed by atoms with E-state index in [2.05, 4.69) is 11.9 Å². The molecule has 1 amide bonds. The Labute approximate surface area is 140 Å². The molecule has 0 spiro atoms. The predicted molar refractivity (Wildman–Crippen MR) is 91.1 cm³/mol. The number of halogens is 1. The molecular weight excluding hydrogens is 309 g/mol. The molecule has 0 aliphatic carbocycles. The lowest BCUT2D eigenvalue weighted by molar-refractivity contribution is 0.0947. The smallest absolute Gasteiger partial charge is 0.251 e. The molecule has 1 N–H and O–H groups in total.